The van der Waals surface area contributed by atoms with E-state index in [0.717, 1.165) is 11.9 Å². The van der Waals surface area contributed by atoms with Crippen molar-refractivity contribution in [3.63, 3.8) is 0 Å². The summed E-state index contributed by atoms with van der Waals surface area (Å²) in [5.41, 5.74) is 0.983. The van der Waals surface area contributed by atoms with Gasteiger partial charge in [0.15, 0.2) is 0 Å². The highest BCUT2D eigenvalue weighted by Gasteiger charge is 2.31. The van der Waals surface area contributed by atoms with Gasteiger partial charge < -0.3 is 9.30 Å². The third kappa shape index (κ3) is 2.13. The molecule has 0 fully saturated rings. The van der Waals surface area contributed by atoms with Crippen molar-refractivity contribution in [2.75, 3.05) is 7.11 Å². The molecule has 0 spiro atoms. The van der Waals surface area contributed by atoms with Gasteiger partial charge in [-0.1, -0.05) is 6.92 Å². The molecule has 0 aliphatic heterocycles. The highest BCUT2D eigenvalue weighted by atomic mass is 32.2. The molecule has 20 heavy (non-hydrogen) atoms. The number of nitrogens with zero attached hydrogens (tertiary/aromatic N) is 2. The summed E-state index contributed by atoms with van der Waals surface area (Å²) < 4.78 is 55.4. The van der Waals surface area contributed by atoms with Gasteiger partial charge in [-0.25, -0.2) is 13.4 Å². The lowest BCUT2D eigenvalue weighted by molar-refractivity contribution is 0.234. The number of hydrogen-bond donors (Lipinski definition) is 0. The van der Waals surface area contributed by atoms with Gasteiger partial charge in [0.1, 0.15) is 16.5 Å². The van der Waals surface area contributed by atoms with Crippen molar-refractivity contribution in [1.82, 2.24) is 9.55 Å². The standard InChI is InChI=1S/C12H14F2N2O3S/c1-4-11-15-7-5-10(20(17,18)12(13)14)9(19-3)6-8(7)16(11)2/h5-6,12H,4H2,1-3H3. The minimum atomic E-state index is -4.73. The van der Waals surface area contributed by atoms with Crippen molar-refractivity contribution in [1.29, 1.82) is 0 Å². The number of fused-ring (bicyclic) bond motifs is 1. The Morgan fingerprint density at radius 1 is 1.40 bits per heavy atom. The Labute approximate surface area is 115 Å². The summed E-state index contributed by atoms with van der Waals surface area (Å²) in [6, 6.07) is 2.55. The number of methoxy groups -OCH3 is 1. The van der Waals surface area contributed by atoms with Crippen molar-refractivity contribution in [2.24, 2.45) is 7.05 Å². The van der Waals surface area contributed by atoms with Crippen molar-refractivity contribution >= 4 is 20.9 Å². The van der Waals surface area contributed by atoms with Crippen LogP contribution in [0.15, 0.2) is 17.0 Å². The molecule has 0 aliphatic rings. The molecule has 2 rings (SSSR count). The number of aromatic nitrogens is 2. The van der Waals surface area contributed by atoms with E-state index in [1.807, 2.05) is 6.92 Å². The van der Waals surface area contributed by atoms with Crippen LogP contribution in [0.1, 0.15) is 12.7 Å². The molecule has 0 unspecified atom stereocenters. The normalized spacial score (nSPS) is 12.3. The quantitative estimate of drug-likeness (QED) is 0.868. The summed E-state index contributed by atoms with van der Waals surface area (Å²) >= 11 is 0. The van der Waals surface area contributed by atoms with Crippen LogP contribution in [0.5, 0.6) is 5.75 Å². The number of halogens is 2. The Balaban J connectivity index is 2.80. The highest BCUT2D eigenvalue weighted by molar-refractivity contribution is 7.91. The van der Waals surface area contributed by atoms with Gasteiger partial charge in [-0.3, -0.25) is 0 Å². The van der Waals surface area contributed by atoms with E-state index in [-0.39, 0.29) is 5.75 Å². The van der Waals surface area contributed by atoms with Crippen LogP contribution in [-0.4, -0.2) is 30.8 Å². The number of alkyl halides is 2. The molecule has 0 radical (unpaired) electrons. The molecule has 0 saturated heterocycles. The van der Waals surface area contributed by atoms with Gasteiger partial charge in [-0.2, -0.15) is 8.78 Å². The largest absolute Gasteiger partial charge is 0.495 e. The lowest BCUT2D eigenvalue weighted by Gasteiger charge is -2.09. The molecule has 0 amide bonds. The molecule has 0 bridgehead atoms. The van der Waals surface area contributed by atoms with Gasteiger partial charge in [-0.15, -0.1) is 0 Å². The predicted octanol–water partition coefficient (Wildman–Crippen LogP) is 2.14. The van der Waals surface area contributed by atoms with Crippen LogP contribution >= 0.6 is 0 Å². The van der Waals surface area contributed by atoms with Gasteiger partial charge in [-0.05, 0) is 6.07 Å². The first-order chi connectivity index (χ1) is 9.32. The second-order valence-electron chi connectivity index (χ2n) is 4.24. The minimum absolute atomic E-state index is 0.108. The van der Waals surface area contributed by atoms with E-state index in [2.05, 4.69) is 4.98 Å². The van der Waals surface area contributed by atoms with Crippen molar-refractivity contribution < 1.29 is 21.9 Å². The molecule has 8 heteroatoms. The van der Waals surface area contributed by atoms with Crippen molar-refractivity contribution in [3.05, 3.63) is 18.0 Å². The molecule has 5 nitrogen and oxygen atoms in total. The smallest absolute Gasteiger partial charge is 0.341 e. The van der Waals surface area contributed by atoms with Crippen LogP contribution < -0.4 is 4.74 Å². The summed E-state index contributed by atoms with van der Waals surface area (Å²) in [7, 11) is -1.72. The fraction of sp³-hybridized carbons (Fsp3) is 0.417. The maximum atomic E-state index is 12.7. The topological polar surface area (TPSA) is 61.2 Å². The first-order valence-electron chi connectivity index (χ1n) is 5.88. The zero-order chi connectivity index (χ0) is 15.1. The molecule has 0 aliphatic carbocycles. The van der Waals surface area contributed by atoms with E-state index in [9.17, 15) is 17.2 Å². The molecule has 2 aromatic rings. The van der Waals surface area contributed by atoms with E-state index in [0.29, 0.717) is 17.5 Å². The first kappa shape index (κ1) is 14.7. The van der Waals surface area contributed by atoms with Gasteiger partial charge in [0.25, 0.3) is 0 Å². The molecule has 1 aromatic carbocycles. The van der Waals surface area contributed by atoms with E-state index in [4.69, 9.17) is 4.74 Å². The summed E-state index contributed by atoms with van der Waals surface area (Å²) in [6.45, 7) is 1.90. The van der Waals surface area contributed by atoms with Gasteiger partial charge in [0.05, 0.1) is 18.1 Å². The Bertz CT molecular complexity index is 754. The monoisotopic (exact) mass is 304 g/mol. The summed E-state index contributed by atoms with van der Waals surface area (Å²) in [5.74, 6) is -2.87. The molecule has 0 saturated carbocycles. The fourth-order valence-electron chi connectivity index (χ4n) is 2.04. The second kappa shape index (κ2) is 5.01. The second-order valence-corrected chi connectivity index (χ2v) is 6.12. The summed E-state index contributed by atoms with van der Waals surface area (Å²) in [5, 5.41) is 0. The Morgan fingerprint density at radius 3 is 2.55 bits per heavy atom. The third-order valence-corrected chi connectivity index (χ3v) is 4.52. The molecule has 1 heterocycles. The summed E-state index contributed by atoms with van der Waals surface area (Å²) in [6.07, 6.45) is 0.643. The van der Waals surface area contributed by atoms with Crippen LogP contribution in [0.3, 0.4) is 0 Å². The number of aryl methyl sites for hydroxylation is 2. The van der Waals surface area contributed by atoms with Crippen LogP contribution in [0.25, 0.3) is 11.0 Å². The number of rotatable bonds is 4. The number of sulfone groups is 1. The van der Waals surface area contributed by atoms with Crippen molar-refractivity contribution in [3.8, 4) is 5.75 Å². The van der Waals surface area contributed by atoms with E-state index in [1.165, 1.54) is 13.2 Å². The highest BCUT2D eigenvalue weighted by Crippen LogP contribution is 2.32. The molecular weight excluding hydrogens is 290 g/mol. The Hall–Kier alpha value is -1.70. The predicted molar refractivity (Wildman–Crippen MR) is 69.8 cm³/mol. The SMILES string of the molecule is CCc1nc2cc(S(=O)(=O)C(F)F)c(OC)cc2n1C. The van der Waals surface area contributed by atoms with Gasteiger partial charge >= 0.3 is 5.76 Å². The van der Waals surface area contributed by atoms with Crippen LogP contribution in [0.2, 0.25) is 0 Å². The van der Waals surface area contributed by atoms with E-state index in [1.54, 1.807) is 11.6 Å². The zero-order valence-corrected chi connectivity index (χ0v) is 12.0. The van der Waals surface area contributed by atoms with Crippen LogP contribution in [-0.2, 0) is 23.3 Å². The average molecular weight is 304 g/mol. The van der Waals surface area contributed by atoms with Crippen LogP contribution in [0.4, 0.5) is 8.78 Å². The maximum absolute atomic E-state index is 12.7. The third-order valence-electron chi connectivity index (χ3n) is 3.12. The van der Waals surface area contributed by atoms with Crippen LogP contribution in [0, 0.1) is 0 Å². The maximum Gasteiger partial charge on any atom is 0.341 e. The lowest BCUT2D eigenvalue weighted by Crippen LogP contribution is -2.12. The van der Waals surface area contributed by atoms with Gasteiger partial charge in [0, 0.05) is 19.5 Å². The lowest BCUT2D eigenvalue weighted by atomic mass is 10.3. The summed E-state index contributed by atoms with van der Waals surface area (Å²) in [4.78, 5) is 3.70. The van der Waals surface area contributed by atoms with E-state index >= 15 is 0 Å². The first-order valence-corrected chi connectivity index (χ1v) is 7.43. The van der Waals surface area contributed by atoms with Gasteiger partial charge in [0.2, 0.25) is 9.84 Å². The number of imidazole rings is 1. The molecule has 0 N–H and O–H groups in total. The number of ether oxygens (including phenoxy) is 1. The Morgan fingerprint density at radius 2 is 2.05 bits per heavy atom. The molecule has 110 valence electrons. The minimum Gasteiger partial charge on any atom is -0.495 e. The van der Waals surface area contributed by atoms with E-state index < -0.39 is 20.5 Å². The number of hydrogen-bond acceptors (Lipinski definition) is 4. The Kier molecular flexibility index (Phi) is 3.68. The number of benzene rings is 1. The van der Waals surface area contributed by atoms with Crippen molar-refractivity contribution in [2.45, 2.75) is 24.0 Å². The molecular formula is C12H14F2N2O3S. The molecule has 0 atom stereocenters. The average Bonchev–Trinajstić information content (AvgIpc) is 2.73. The fourth-order valence-corrected chi connectivity index (χ4v) is 2.93. The zero-order valence-electron chi connectivity index (χ0n) is 11.2. The molecule has 1 aromatic heterocycles.